The molecule has 1 rings (SSSR count). The Hall–Kier alpha value is -0.890. The number of hydrogen-bond acceptors (Lipinski definition) is 4. The van der Waals surface area contributed by atoms with E-state index in [1.165, 1.54) is 0 Å². The van der Waals surface area contributed by atoms with Crippen LogP contribution < -0.4 is 5.32 Å². The minimum Gasteiger partial charge on any atom is -0.387 e. The van der Waals surface area contributed by atoms with Crippen molar-refractivity contribution < 1.29 is 5.11 Å². The lowest BCUT2D eigenvalue weighted by atomic mass is 10.2. The van der Waals surface area contributed by atoms with Gasteiger partial charge in [0.25, 0.3) is 0 Å². The van der Waals surface area contributed by atoms with E-state index in [4.69, 9.17) is 5.26 Å². The molecular weight excluding hydrogens is 184 g/mol. The zero-order valence-corrected chi connectivity index (χ0v) is 8.05. The summed E-state index contributed by atoms with van der Waals surface area (Å²) in [5, 5.41) is 24.7. The maximum Gasteiger partial charge on any atom is 0.0922 e. The highest BCUT2D eigenvalue weighted by molar-refractivity contribution is 7.07. The molecule has 1 atom stereocenters. The van der Waals surface area contributed by atoms with E-state index in [0.717, 1.165) is 5.56 Å². The van der Waals surface area contributed by atoms with Crippen molar-refractivity contribution in [1.82, 2.24) is 5.32 Å². The van der Waals surface area contributed by atoms with Crippen LogP contribution in [0.25, 0.3) is 0 Å². The van der Waals surface area contributed by atoms with Gasteiger partial charge < -0.3 is 10.4 Å². The predicted octanol–water partition coefficient (Wildman–Crippen LogP) is 1.28. The first-order chi connectivity index (χ1) is 6.34. The molecule has 1 heterocycles. The molecule has 0 bridgehead atoms. The lowest BCUT2D eigenvalue weighted by Gasteiger charge is -2.08. The summed E-state index contributed by atoms with van der Waals surface area (Å²) in [5.74, 6) is 0. The highest BCUT2D eigenvalue weighted by Gasteiger charge is 2.05. The molecule has 0 radical (unpaired) electrons. The Morgan fingerprint density at radius 3 is 3.15 bits per heavy atom. The number of aliphatic hydroxyl groups is 1. The molecule has 1 aromatic heterocycles. The van der Waals surface area contributed by atoms with E-state index >= 15 is 0 Å². The van der Waals surface area contributed by atoms with Crippen LogP contribution >= 0.6 is 11.3 Å². The maximum absolute atomic E-state index is 9.57. The van der Waals surface area contributed by atoms with Gasteiger partial charge in [-0.1, -0.05) is 0 Å². The second-order valence-electron chi connectivity index (χ2n) is 2.68. The average Bonchev–Trinajstić information content (AvgIpc) is 2.65. The first kappa shape index (κ1) is 10.2. The molecule has 1 unspecified atom stereocenters. The zero-order chi connectivity index (χ0) is 9.52. The summed E-state index contributed by atoms with van der Waals surface area (Å²) >= 11 is 1.57. The van der Waals surface area contributed by atoms with E-state index in [1.54, 1.807) is 11.3 Å². The monoisotopic (exact) mass is 196 g/mol. The third-order valence-corrected chi connectivity index (χ3v) is 2.38. The van der Waals surface area contributed by atoms with Crippen molar-refractivity contribution in [3.05, 3.63) is 22.4 Å². The van der Waals surface area contributed by atoms with Gasteiger partial charge in [-0.05, 0) is 22.4 Å². The Morgan fingerprint density at radius 2 is 2.54 bits per heavy atom. The molecular formula is C9H12N2OS. The van der Waals surface area contributed by atoms with Crippen LogP contribution in [-0.2, 0) is 0 Å². The van der Waals surface area contributed by atoms with Crippen molar-refractivity contribution in [3.8, 4) is 6.07 Å². The van der Waals surface area contributed by atoms with Crippen molar-refractivity contribution in [1.29, 1.82) is 5.26 Å². The van der Waals surface area contributed by atoms with Crippen LogP contribution in [0.3, 0.4) is 0 Å². The van der Waals surface area contributed by atoms with E-state index in [2.05, 4.69) is 5.32 Å². The highest BCUT2D eigenvalue weighted by atomic mass is 32.1. The summed E-state index contributed by atoms with van der Waals surface area (Å²) in [5.41, 5.74) is 0.939. The Labute approximate surface area is 81.6 Å². The lowest BCUT2D eigenvalue weighted by molar-refractivity contribution is 0.175. The number of rotatable bonds is 5. The van der Waals surface area contributed by atoms with E-state index in [1.807, 2.05) is 22.9 Å². The molecule has 0 amide bonds. The number of aliphatic hydroxyl groups excluding tert-OH is 1. The molecule has 0 aliphatic heterocycles. The second-order valence-corrected chi connectivity index (χ2v) is 3.46. The molecule has 2 N–H and O–H groups in total. The van der Waals surface area contributed by atoms with Gasteiger partial charge in [0.2, 0.25) is 0 Å². The molecule has 0 fully saturated rings. The summed E-state index contributed by atoms with van der Waals surface area (Å²) in [6, 6.07) is 3.94. The SMILES string of the molecule is N#CCCNCC(O)c1ccsc1. The van der Waals surface area contributed by atoms with E-state index < -0.39 is 6.10 Å². The van der Waals surface area contributed by atoms with Crippen LogP contribution in [0.4, 0.5) is 0 Å². The molecule has 0 saturated heterocycles. The molecule has 0 saturated carbocycles. The number of nitrogens with zero attached hydrogens (tertiary/aromatic N) is 1. The van der Waals surface area contributed by atoms with E-state index in [-0.39, 0.29) is 0 Å². The Kier molecular flexibility index (Phi) is 4.47. The second kappa shape index (κ2) is 5.70. The van der Waals surface area contributed by atoms with Gasteiger partial charge in [0.1, 0.15) is 0 Å². The van der Waals surface area contributed by atoms with Crippen molar-refractivity contribution in [2.45, 2.75) is 12.5 Å². The number of nitriles is 1. The molecule has 3 nitrogen and oxygen atoms in total. The van der Waals surface area contributed by atoms with Crippen molar-refractivity contribution >= 4 is 11.3 Å². The normalized spacial score (nSPS) is 12.3. The quantitative estimate of drug-likeness (QED) is 0.698. The van der Waals surface area contributed by atoms with Crippen LogP contribution in [-0.4, -0.2) is 18.2 Å². The molecule has 0 spiro atoms. The van der Waals surface area contributed by atoms with Gasteiger partial charge in [-0.15, -0.1) is 0 Å². The third kappa shape index (κ3) is 3.55. The Balaban J connectivity index is 2.19. The first-order valence-electron chi connectivity index (χ1n) is 4.12. The maximum atomic E-state index is 9.57. The largest absolute Gasteiger partial charge is 0.387 e. The number of thiophene rings is 1. The summed E-state index contributed by atoms with van der Waals surface area (Å²) in [6.07, 6.45) is 0.0287. The molecule has 0 aliphatic carbocycles. The molecule has 70 valence electrons. The standard InChI is InChI=1S/C9H12N2OS/c10-3-1-4-11-6-9(12)8-2-5-13-7-8/h2,5,7,9,11-12H,1,4,6H2. The van der Waals surface area contributed by atoms with Crippen molar-refractivity contribution in [3.63, 3.8) is 0 Å². The van der Waals surface area contributed by atoms with Gasteiger partial charge in [-0.2, -0.15) is 16.6 Å². The summed E-state index contributed by atoms with van der Waals surface area (Å²) in [6.45, 7) is 1.15. The van der Waals surface area contributed by atoms with Crippen LogP contribution in [0.15, 0.2) is 16.8 Å². The number of hydrogen-bond donors (Lipinski definition) is 2. The van der Waals surface area contributed by atoms with Gasteiger partial charge in [0, 0.05) is 19.5 Å². The Morgan fingerprint density at radius 1 is 1.69 bits per heavy atom. The lowest BCUT2D eigenvalue weighted by Crippen LogP contribution is -2.21. The van der Waals surface area contributed by atoms with E-state index in [9.17, 15) is 5.11 Å². The van der Waals surface area contributed by atoms with Crippen LogP contribution in [0.5, 0.6) is 0 Å². The van der Waals surface area contributed by atoms with Crippen molar-refractivity contribution in [2.75, 3.05) is 13.1 Å². The molecule has 1 aromatic rings. The minimum absolute atomic E-state index is 0.454. The molecule has 13 heavy (non-hydrogen) atoms. The molecule has 0 aliphatic rings. The smallest absolute Gasteiger partial charge is 0.0922 e. The third-order valence-electron chi connectivity index (χ3n) is 1.68. The summed E-state index contributed by atoms with van der Waals surface area (Å²) < 4.78 is 0. The summed E-state index contributed by atoms with van der Waals surface area (Å²) in [4.78, 5) is 0. The van der Waals surface area contributed by atoms with E-state index in [0.29, 0.717) is 19.5 Å². The van der Waals surface area contributed by atoms with Gasteiger partial charge in [0.15, 0.2) is 0 Å². The zero-order valence-electron chi connectivity index (χ0n) is 7.23. The molecule has 0 aromatic carbocycles. The fourth-order valence-electron chi connectivity index (χ4n) is 0.966. The van der Waals surface area contributed by atoms with Crippen LogP contribution in [0.1, 0.15) is 18.1 Å². The van der Waals surface area contributed by atoms with Gasteiger partial charge in [0.05, 0.1) is 12.2 Å². The fourth-order valence-corrected chi connectivity index (χ4v) is 1.67. The molecule has 4 heteroatoms. The fraction of sp³-hybridized carbons (Fsp3) is 0.444. The van der Waals surface area contributed by atoms with Gasteiger partial charge in [-0.3, -0.25) is 0 Å². The average molecular weight is 196 g/mol. The van der Waals surface area contributed by atoms with Crippen LogP contribution in [0.2, 0.25) is 0 Å². The van der Waals surface area contributed by atoms with Crippen LogP contribution in [0, 0.1) is 11.3 Å². The number of nitrogens with one attached hydrogen (secondary N) is 1. The summed E-state index contributed by atoms with van der Waals surface area (Å²) in [7, 11) is 0. The van der Waals surface area contributed by atoms with Gasteiger partial charge in [-0.25, -0.2) is 0 Å². The topological polar surface area (TPSA) is 56.0 Å². The highest BCUT2D eigenvalue weighted by Crippen LogP contribution is 2.14. The first-order valence-corrected chi connectivity index (χ1v) is 5.06. The van der Waals surface area contributed by atoms with Crippen molar-refractivity contribution in [2.24, 2.45) is 0 Å². The van der Waals surface area contributed by atoms with Gasteiger partial charge >= 0.3 is 0 Å². The minimum atomic E-state index is -0.454. The Bertz CT molecular complexity index is 266. The predicted molar refractivity (Wildman–Crippen MR) is 52.4 cm³/mol.